The first-order valence-electron chi connectivity index (χ1n) is 8.18. The van der Waals surface area contributed by atoms with E-state index in [9.17, 15) is 13.2 Å². The van der Waals surface area contributed by atoms with E-state index < -0.39 is 10.0 Å². The van der Waals surface area contributed by atoms with Crippen molar-refractivity contribution in [1.29, 1.82) is 0 Å². The van der Waals surface area contributed by atoms with Crippen molar-refractivity contribution in [1.82, 2.24) is 4.31 Å². The maximum atomic E-state index is 12.9. The zero-order valence-electron chi connectivity index (χ0n) is 15.0. The van der Waals surface area contributed by atoms with Crippen LogP contribution in [-0.2, 0) is 14.8 Å². The van der Waals surface area contributed by atoms with Gasteiger partial charge in [0.2, 0.25) is 15.9 Å². The summed E-state index contributed by atoms with van der Waals surface area (Å²) in [4.78, 5) is 12.5. The molecule has 0 bridgehead atoms. The summed E-state index contributed by atoms with van der Waals surface area (Å²) in [5.41, 5.74) is 3.27. The molecule has 0 saturated carbocycles. The first-order chi connectivity index (χ1) is 11.7. The highest BCUT2D eigenvalue weighted by Gasteiger charge is 2.26. The minimum absolute atomic E-state index is 0.219. The first-order valence-corrected chi connectivity index (χ1v) is 9.62. The van der Waals surface area contributed by atoms with Gasteiger partial charge in [0.05, 0.1) is 11.4 Å². The van der Waals surface area contributed by atoms with Gasteiger partial charge in [0.1, 0.15) is 0 Å². The Bertz CT molecular complexity index is 859. The SMILES string of the molecule is CCN(CC(=O)Nc1ccc(C)cc1)S(=O)(=O)c1cc(C)ccc1C. The van der Waals surface area contributed by atoms with Gasteiger partial charge < -0.3 is 5.32 Å². The highest BCUT2D eigenvalue weighted by atomic mass is 32.2. The fraction of sp³-hybridized carbons (Fsp3) is 0.316. The zero-order chi connectivity index (χ0) is 18.6. The Morgan fingerprint density at radius 3 is 2.20 bits per heavy atom. The molecule has 0 spiro atoms. The van der Waals surface area contributed by atoms with Gasteiger partial charge in [-0.15, -0.1) is 0 Å². The number of hydrogen-bond acceptors (Lipinski definition) is 3. The van der Waals surface area contributed by atoms with Crippen LogP contribution in [0.3, 0.4) is 0 Å². The number of amides is 1. The summed E-state index contributed by atoms with van der Waals surface area (Å²) in [5, 5.41) is 2.74. The lowest BCUT2D eigenvalue weighted by atomic mass is 10.2. The third kappa shape index (κ3) is 4.67. The van der Waals surface area contributed by atoms with E-state index in [0.717, 1.165) is 11.1 Å². The molecule has 1 amide bonds. The number of carbonyl (C=O) groups is 1. The van der Waals surface area contributed by atoms with Gasteiger partial charge in [0.15, 0.2) is 0 Å². The summed E-state index contributed by atoms with van der Waals surface area (Å²) in [5.74, 6) is -0.361. The lowest BCUT2D eigenvalue weighted by Gasteiger charge is -2.21. The van der Waals surface area contributed by atoms with E-state index in [-0.39, 0.29) is 23.9 Å². The van der Waals surface area contributed by atoms with E-state index in [1.54, 1.807) is 38.1 Å². The second-order valence-corrected chi connectivity index (χ2v) is 8.02. The van der Waals surface area contributed by atoms with Crippen LogP contribution >= 0.6 is 0 Å². The minimum Gasteiger partial charge on any atom is -0.325 e. The average molecular weight is 360 g/mol. The number of likely N-dealkylation sites (N-methyl/N-ethyl adjacent to an activating group) is 1. The molecule has 2 aromatic carbocycles. The van der Waals surface area contributed by atoms with Gasteiger partial charge in [-0.1, -0.05) is 36.8 Å². The summed E-state index contributed by atoms with van der Waals surface area (Å²) < 4.78 is 27.0. The molecule has 0 unspecified atom stereocenters. The van der Waals surface area contributed by atoms with Crippen LogP contribution in [0.1, 0.15) is 23.6 Å². The Morgan fingerprint density at radius 1 is 1.00 bits per heavy atom. The first kappa shape index (κ1) is 19.1. The molecule has 0 atom stereocenters. The van der Waals surface area contributed by atoms with Crippen LogP contribution in [0.25, 0.3) is 0 Å². The molecule has 0 heterocycles. The van der Waals surface area contributed by atoms with Gasteiger partial charge >= 0.3 is 0 Å². The number of hydrogen-bond donors (Lipinski definition) is 1. The van der Waals surface area contributed by atoms with Gasteiger partial charge in [0.25, 0.3) is 0 Å². The average Bonchev–Trinajstić information content (AvgIpc) is 2.56. The van der Waals surface area contributed by atoms with E-state index in [1.165, 1.54) is 4.31 Å². The Balaban J connectivity index is 2.19. The summed E-state index contributed by atoms with van der Waals surface area (Å²) in [6.45, 7) is 7.28. The van der Waals surface area contributed by atoms with Crippen molar-refractivity contribution in [3.63, 3.8) is 0 Å². The van der Waals surface area contributed by atoms with Crippen LogP contribution in [0.15, 0.2) is 47.4 Å². The van der Waals surface area contributed by atoms with Crippen LogP contribution in [0.2, 0.25) is 0 Å². The second kappa shape index (κ2) is 7.80. The smallest absolute Gasteiger partial charge is 0.243 e. The largest absolute Gasteiger partial charge is 0.325 e. The molecule has 2 rings (SSSR count). The van der Waals surface area contributed by atoms with Crippen LogP contribution in [0.5, 0.6) is 0 Å². The minimum atomic E-state index is -3.73. The van der Waals surface area contributed by atoms with Crippen LogP contribution in [0, 0.1) is 20.8 Å². The summed E-state index contributed by atoms with van der Waals surface area (Å²) in [6, 6.07) is 12.7. The van der Waals surface area contributed by atoms with Crippen LogP contribution < -0.4 is 5.32 Å². The number of rotatable bonds is 6. The van der Waals surface area contributed by atoms with Gasteiger partial charge in [-0.05, 0) is 50.1 Å². The molecule has 6 heteroatoms. The summed E-state index contributed by atoms with van der Waals surface area (Å²) >= 11 is 0. The monoisotopic (exact) mass is 360 g/mol. The predicted molar refractivity (Wildman–Crippen MR) is 100 cm³/mol. The molecule has 134 valence electrons. The van der Waals surface area contributed by atoms with Gasteiger partial charge in [-0.25, -0.2) is 8.42 Å². The normalized spacial score (nSPS) is 11.6. The molecular formula is C19H24N2O3S. The van der Waals surface area contributed by atoms with E-state index in [4.69, 9.17) is 0 Å². The Labute approximate surface area is 149 Å². The quantitative estimate of drug-likeness (QED) is 0.860. The number of sulfonamides is 1. The van der Waals surface area contributed by atoms with Crippen molar-refractivity contribution < 1.29 is 13.2 Å². The molecule has 0 aliphatic rings. The van der Waals surface area contributed by atoms with Crippen molar-refractivity contribution in [3.8, 4) is 0 Å². The van der Waals surface area contributed by atoms with Crippen LogP contribution in [0.4, 0.5) is 5.69 Å². The Morgan fingerprint density at radius 2 is 1.60 bits per heavy atom. The number of aryl methyl sites for hydroxylation is 3. The lowest BCUT2D eigenvalue weighted by molar-refractivity contribution is -0.116. The van der Waals surface area contributed by atoms with Crippen molar-refractivity contribution in [2.45, 2.75) is 32.6 Å². The summed E-state index contributed by atoms with van der Waals surface area (Å²) in [7, 11) is -3.73. The van der Waals surface area contributed by atoms with E-state index in [0.29, 0.717) is 11.3 Å². The third-order valence-electron chi connectivity index (χ3n) is 3.97. The second-order valence-electron chi connectivity index (χ2n) is 6.11. The van der Waals surface area contributed by atoms with Gasteiger partial charge in [-0.2, -0.15) is 4.31 Å². The molecule has 1 N–H and O–H groups in total. The van der Waals surface area contributed by atoms with Crippen molar-refractivity contribution >= 4 is 21.6 Å². The van der Waals surface area contributed by atoms with Crippen molar-refractivity contribution in [3.05, 3.63) is 59.2 Å². The molecular weight excluding hydrogens is 336 g/mol. The van der Waals surface area contributed by atoms with E-state index in [1.807, 2.05) is 32.0 Å². The standard InChI is InChI=1S/C19H24N2O3S/c1-5-21(13-19(22)20-17-10-7-14(2)8-11-17)25(23,24)18-12-15(3)6-9-16(18)4/h6-12H,5,13H2,1-4H3,(H,20,22). The number of anilines is 1. The Hall–Kier alpha value is -2.18. The third-order valence-corrected chi connectivity index (χ3v) is 6.03. The van der Waals surface area contributed by atoms with Gasteiger partial charge in [-0.3, -0.25) is 4.79 Å². The van der Waals surface area contributed by atoms with Gasteiger partial charge in [0, 0.05) is 12.2 Å². The predicted octanol–water partition coefficient (Wildman–Crippen LogP) is 3.26. The van der Waals surface area contributed by atoms with E-state index in [2.05, 4.69) is 5.32 Å². The Kier molecular flexibility index (Phi) is 5.98. The number of nitrogens with zero attached hydrogens (tertiary/aromatic N) is 1. The molecule has 0 radical (unpaired) electrons. The van der Waals surface area contributed by atoms with Crippen LogP contribution in [-0.4, -0.2) is 31.7 Å². The highest BCUT2D eigenvalue weighted by molar-refractivity contribution is 7.89. The molecule has 0 aliphatic heterocycles. The molecule has 0 fully saturated rings. The molecule has 25 heavy (non-hydrogen) atoms. The van der Waals surface area contributed by atoms with Crippen molar-refractivity contribution in [2.75, 3.05) is 18.4 Å². The fourth-order valence-electron chi connectivity index (χ4n) is 2.49. The molecule has 0 aromatic heterocycles. The molecule has 2 aromatic rings. The maximum Gasteiger partial charge on any atom is 0.243 e. The fourth-order valence-corrected chi connectivity index (χ4v) is 4.20. The maximum absolute atomic E-state index is 12.9. The number of carbonyl (C=O) groups excluding carboxylic acids is 1. The topological polar surface area (TPSA) is 66.5 Å². The lowest BCUT2D eigenvalue weighted by Crippen LogP contribution is -2.38. The molecule has 5 nitrogen and oxygen atoms in total. The molecule has 0 aliphatic carbocycles. The molecule has 0 saturated heterocycles. The highest BCUT2D eigenvalue weighted by Crippen LogP contribution is 2.21. The van der Waals surface area contributed by atoms with E-state index >= 15 is 0 Å². The van der Waals surface area contributed by atoms with Crippen molar-refractivity contribution in [2.24, 2.45) is 0 Å². The summed E-state index contributed by atoms with van der Waals surface area (Å²) in [6.07, 6.45) is 0. The zero-order valence-corrected chi connectivity index (χ0v) is 15.9. The number of benzene rings is 2. The number of nitrogens with one attached hydrogen (secondary N) is 1.